The Morgan fingerprint density at radius 2 is 1.11 bits per heavy atom. The summed E-state index contributed by atoms with van der Waals surface area (Å²) in [5.74, 6) is 0. The first-order valence-electron chi connectivity index (χ1n) is 6.48. The average molecular weight is 294 g/mol. The molecule has 0 aromatic heterocycles. The van der Waals surface area contributed by atoms with Gasteiger partial charge in [-0.2, -0.15) is 8.42 Å². The lowest BCUT2D eigenvalue weighted by molar-refractivity contribution is -0.0120. The van der Waals surface area contributed by atoms with Gasteiger partial charge in [0.15, 0.2) is 0 Å². The Morgan fingerprint density at radius 3 is 1.42 bits per heavy atom. The SMILES string of the molecule is NC1(OS(=O)(=O)OC2(N)CCNCC2)CCNCC1. The van der Waals surface area contributed by atoms with Gasteiger partial charge in [-0.3, -0.25) is 0 Å². The average Bonchev–Trinajstić information content (AvgIpc) is 2.27. The van der Waals surface area contributed by atoms with Crippen LogP contribution in [-0.2, 0) is 18.8 Å². The summed E-state index contributed by atoms with van der Waals surface area (Å²) in [7, 11) is -4.20. The number of hydrogen-bond donors (Lipinski definition) is 4. The summed E-state index contributed by atoms with van der Waals surface area (Å²) in [4.78, 5) is 0. The van der Waals surface area contributed by atoms with Gasteiger partial charge < -0.3 is 22.1 Å². The zero-order valence-electron chi connectivity index (χ0n) is 10.9. The molecule has 2 aliphatic heterocycles. The lowest BCUT2D eigenvalue weighted by Gasteiger charge is -2.36. The summed E-state index contributed by atoms with van der Waals surface area (Å²) >= 11 is 0. The summed E-state index contributed by atoms with van der Waals surface area (Å²) in [6, 6.07) is 0. The molecule has 0 spiro atoms. The first kappa shape index (κ1) is 15.1. The van der Waals surface area contributed by atoms with Crippen LogP contribution in [0.5, 0.6) is 0 Å². The van der Waals surface area contributed by atoms with Gasteiger partial charge in [-0.25, -0.2) is 8.37 Å². The molecule has 0 amide bonds. The topological polar surface area (TPSA) is 129 Å². The normalized spacial score (nSPS) is 27.1. The maximum Gasteiger partial charge on any atom is 0.403 e. The minimum Gasteiger partial charge on any atom is -0.316 e. The molecular weight excluding hydrogens is 272 g/mol. The Morgan fingerprint density at radius 1 is 0.789 bits per heavy atom. The standard InChI is InChI=1S/C10H22N4O4S/c11-9(1-5-13-6-2-9)17-19(15,16)18-10(12)3-7-14-8-4-10/h13-14H,1-8,11-12H2. The van der Waals surface area contributed by atoms with Crippen molar-refractivity contribution in [1.82, 2.24) is 10.6 Å². The quantitative estimate of drug-likeness (QED) is 0.454. The van der Waals surface area contributed by atoms with E-state index in [0.29, 0.717) is 51.9 Å². The van der Waals surface area contributed by atoms with Crippen LogP contribution in [-0.4, -0.2) is 46.0 Å². The molecule has 0 aromatic rings. The van der Waals surface area contributed by atoms with Gasteiger partial charge in [0.05, 0.1) is 0 Å². The van der Waals surface area contributed by atoms with Crippen molar-refractivity contribution in [3.8, 4) is 0 Å². The van der Waals surface area contributed by atoms with Crippen molar-refractivity contribution in [3.63, 3.8) is 0 Å². The molecule has 0 aromatic carbocycles. The molecule has 2 aliphatic rings. The fraction of sp³-hybridized carbons (Fsp3) is 1.00. The van der Waals surface area contributed by atoms with E-state index in [4.69, 9.17) is 19.8 Å². The van der Waals surface area contributed by atoms with Crippen molar-refractivity contribution in [1.29, 1.82) is 0 Å². The smallest absolute Gasteiger partial charge is 0.316 e. The number of nitrogens with two attached hydrogens (primary N) is 2. The zero-order valence-corrected chi connectivity index (χ0v) is 11.7. The van der Waals surface area contributed by atoms with E-state index >= 15 is 0 Å². The fourth-order valence-corrected chi connectivity index (χ4v) is 3.47. The van der Waals surface area contributed by atoms with E-state index in [1.54, 1.807) is 0 Å². The highest BCUT2D eigenvalue weighted by molar-refractivity contribution is 7.81. The van der Waals surface area contributed by atoms with Gasteiger partial charge >= 0.3 is 10.4 Å². The van der Waals surface area contributed by atoms with Crippen LogP contribution in [0.3, 0.4) is 0 Å². The minimum absolute atomic E-state index is 0.411. The third-order valence-electron chi connectivity index (χ3n) is 3.44. The van der Waals surface area contributed by atoms with Crippen LogP contribution in [0.1, 0.15) is 25.7 Å². The Bertz CT molecular complexity index is 370. The molecule has 8 nitrogen and oxygen atoms in total. The molecule has 112 valence electrons. The first-order chi connectivity index (χ1) is 8.83. The molecule has 2 saturated heterocycles. The predicted molar refractivity (Wildman–Crippen MR) is 69.1 cm³/mol. The number of nitrogens with one attached hydrogen (secondary N) is 2. The van der Waals surface area contributed by atoms with Gasteiger partial charge in [0.25, 0.3) is 0 Å². The van der Waals surface area contributed by atoms with Crippen molar-refractivity contribution >= 4 is 10.4 Å². The minimum atomic E-state index is -4.20. The highest BCUT2D eigenvalue weighted by Gasteiger charge is 2.40. The summed E-state index contributed by atoms with van der Waals surface area (Å²) < 4.78 is 33.9. The van der Waals surface area contributed by atoms with E-state index in [1.807, 2.05) is 0 Å². The van der Waals surface area contributed by atoms with Crippen LogP contribution < -0.4 is 22.1 Å². The van der Waals surface area contributed by atoms with Crippen molar-refractivity contribution < 1.29 is 16.8 Å². The van der Waals surface area contributed by atoms with Gasteiger partial charge in [0.2, 0.25) is 0 Å². The Hall–Kier alpha value is -0.290. The largest absolute Gasteiger partial charge is 0.403 e. The van der Waals surface area contributed by atoms with Crippen LogP contribution in [0.2, 0.25) is 0 Å². The van der Waals surface area contributed by atoms with Crippen LogP contribution in [0.15, 0.2) is 0 Å². The fourth-order valence-electron chi connectivity index (χ4n) is 2.29. The van der Waals surface area contributed by atoms with Crippen LogP contribution in [0, 0.1) is 0 Å². The third kappa shape index (κ3) is 4.35. The second kappa shape index (κ2) is 5.60. The van der Waals surface area contributed by atoms with E-state index in [1.165, 1.54) is 0 Å². The first-order valence-corrected chi connectivity index (χ1v) is 7.81. The molecule has 0 unspecified atom stereocenters. The zero-order chi connectivity index (χ0) is 14.0. The molecule has 0 bridgehead atoms. The molecule has 19 heavy (non-hydrogen) atoms. The van der Waals surface area contributed by atoms with Gasteiger partial charge in [0.1, 0.15) is 11.4 Å². The molecule has 2 heterocycles. The molecule has 0 radical (unpaired) electrons. The van der Waals surface area contributed by atoms with Gasteiger partial charge in [0, 0.05) is 25.7 Å². The summed E-state index contributed by atoms with van der Waals surface area (Å²) in [5, 5.41) is 6.17. The van der Waals surface area contributed by atoms with E-state index in [2.05, 4.69) is 10.6 Å². The highest BCUT2D eigenvalue weighted by Crippen LogP contribution is 2.25. The Kier molecular flexibility index (Phi) is 4.45. The molecule has 2 rings (SSSR count). The van der Waals surface area contributed by atoms with Crippen LogP contribution >= 0.6 is 0 Å². The highest BCUT2D eigenvalue weighted by atomic mass is 32.3. The maximum atomic E-state index is 11.9. The summed E-state index contributed by atoms with van der Waals surface area (Å²) in [6.45, 7) is 2.46. The number of piperidine rings is 2. The predicted octanol–water partition coefficient (Wildman–Crippen LogP) is -1.66. The molecule has 0 atom stereocenters. The summed E-state index contributed by atoms with van der Waals surface area (Å²) in [5.41, 5.74) is 9.44. The lowest BCUT2D eigenvalue weighted by atomic mass is 10.0. The van der Waals surface area contributed by atoms with Crippen LogP contribution in [0.25, 0.3) is 0 Å². The summed E-state index contributed by atoms with van der Waals surface area (Å²) in [6.07, 6.45) is 1.65. The van der Waals surface area contributed by atoms with Crippen molar-refractivity contribution in [2.24, 2.45) is 11.5 Å². The molecule has 2 fully saturated rings. The van der Waals surface area contributed by atoms with Gasteiger partial charge in [-0.15, -0.1) is 0 Å². The maximum absolute atomic E-state index is 11.9. The van der Waals surface area contributed by atoms with Crippen molar-refractivity contribution in [2.75, 3.05) is 26.2 Å². The van der Waals surface area contributed by atoms with Gasteiger partial charge in [-0.05, 0) is 26.2 Å². The molecule has 0 aliphatic carbocycles. The monoisotopic (exact) mass is 294 g/mol. The van der Waals surface area contributed by atoms with E-state index in [9.17, 15) is 8.42 Å². The molecule has 0 saturated carbocycles. The Balaban J connectivity index is 1.97. The van der Waals surface area contributed by atoms with E-state index in [-0.39, 0.29) is 0 Å². The van der Waals surface area contributed by atoms with Crippen molar-refractivity contribution in [2.45, 2.75) is 37.1 Å². The number of rotatable bonds is 4. The number of hydrogen-bond acceptors (Lipinski definition) is 8. The second-order valence-corrected chi connectivity index (χ2v) is 6.35. The van der Waals surface area contributed by atoms with Gasteiger partial charge in [-0.1, -0.05) is 0 Å². The molecular formula is C10H22N4O4S. The van der Waals surface area contributed by atoms with E-state index in [0.717, 1.165) is 0 Å². The second-order valence-electron chi connectivity index (χ2n) is 5.20. The van der Waals surface area contributed by atoms with E-state index < -0.39 is 21.8 Å². The van der Waals surface area contributed by atoms with Crippen LogP contribution in [0.4, 0.5) is 0 Å². The van der Waals surface area contributed by atoms with Crippen molar-refractivity contribution in [3.05, 3.63) is 0 Å². The molecule has 6 N–H and O–H groups in total. The molecule has 9 heteroatoms. The Labute approximate surface area is 113 Å². The third-order valence-corrected chi connectivity index (χ3v) is 4.51. The lowest BCUT2D eigenvalue weighted by Crippen LogP contribution is -2.55.